The van der Waals surface area contributed by atoms with Crippen LogP contribution in [0.1, 0.15) is 0 Å². The fraction of sp³-hybridized carbons (Fsp3) is 0. The van der Waals surface area contributed by atoms with Crippen LogP contribution in [0.3, 0.4) is 0 Å². The molecule has 0 aliphatic carbocycles. The van der Waals surface area contributed by atoms with Crippen molar-refractivity contribution in [2.24, 2.45) is 0 Å². The van der Waals surface area contributed by atoms with Crippen LogP contribution >= 0.6 is 0 Å². The Kier molecular flexibility index (Phi) is 9.97. The van der Waals surface area contributed by atoms with E-state index in [1.54, 1.807) is 0 Å². The van der Waals surface area contributed by atoms with E-state index in [1.807, 2.05) is 0 Å². The van der Waals surface area contributed by atoms with E-state index in [4.69, 9.17) is 0 Å². The van der Waals surface area contributed by atoms with E-state index in [-0.39, 0.29) is 0 Å². The molecule has 0 spiro atoms. The van der Waals surface area contributed by atoms with Crippen molar-refractivity contribution in [3.8, 4) is 66.8 Å². The van der Waals surface area contributed by atoms with Gasteiger partial charge in [0.1, 0.15) is 0 Å². The van der Waals surface area contributed by atoms with Crippen molar-refractivity contribution < 1.29 is 0 Å². The highest BCUT2D eigenvalue weighted by molar-refractivity contribution is 6.12. The Labute approximate surface area is 369 Å². The Morgan fingerprint density at radius 1 is 0.190 bits per heavy atom. The fourth-order valence-electron chi connectivity index (χ4n) is 9.24. The summed E-state index contributed by atoms with van der Waals surface area (Å²) >= 11 is 0. The number of nitrogens with zero attached hydrogens (tertiary/aromatic N) is 1. The second kappa shape index (κ2) is 16.7. The first kappa shape index (κ1) is 37.7. The van der Waals surface area contributed by atoms with Crippen molar-refractivity contribution >= 4 is 38.6 Å². The van der Waals surface area contributed by atoms with Gasteiger partial charge < -0.3 is 4.90 Å². The summed E-state index contributed by atoms with van der Waals surface area (Å²) in [5.41, 5.74) is 17.5. The van der Waals surface area contributed by atoms with E-state index in [0.717, 1.165) is 33.8 Å². The van der Waals surface area contributed by atoms with Crippen LogP contribution in [0.25, 0.3) is 88.3 Å². The van der Waals surface area contributed by atoms with Crippen LogP contribution < -0.4 is 4.90 Å². The predicted molar refractivity (Wildman–Crippen MR) is 269 cm³/mol. The maximum atomic E-state index is 2.42. The highest BCUT2D eigenvalue weighted by Gasteiger charge is 2.18. The number of fused-ring (bicyclic) bond motifs is 3. The van der Waals surface area contributed by atoms with Gasteiger partial charge in [-0.2, -0.15) is 0 Å². The second-order valence-electron chi connectivity index (χ2n) is 16.1. The third-order valence-corrected chi connectivity index (χ3v) is 12.3. The van der Waals surface area contributed by atoms with Crippen LogP contribution in [0.4, 0.5) is 17.1 Å². The van der Waals surface area contributed by atoms with Crippen molar-refractivity contribution in [2.45, 2.75) is 0 Å². The quantitative estimate of drug-likeness (QED) is 0.131. The van der Waals surface area contributed by atoms with Gasteiger partial charge in [0.25, 0.3) is 0 Å². The maximum absolute atomic E-state index is 2.42. The summed E-state index contributed by atoms with van der Waals surface area (Å²) < 4.78 is 0. The van der Waals surface area contributed by atoms with Crippen molar-refractivity contribution in [1.29, 1.82) is 0 Å². The van der Waals surface area contributed by atoms with Gasteiger partial charge in [0.2, 0.25) is 0 Å². The average Bonchev–Trinajstić information content (AvgIpc) is 3.37. The van der Waals surface area contributed by atoms with Gasteiger partial charge in [0.15, 0.2) is 0 Å². The summed E-state index contributed by atoms with van der Waals surface area (Å²) in [5.74, 6) is 0. The Bertz CT molecular complexity index is 3390. The summed E-state index contributed by atoms with van der Waals surface area (Å²) in [7, 11) is 0. The monoisotopic (exact) mass is 801 g/mol. The first-order valence-electron chi connectivity index (χ1n) is 21.7. The molecular formula is C62H43N. The number of hydrogen-bond acceptors (Lipinski definition) is 1. The standard InChI is InChI=1S/C62H43N/c1-4-18-44(19-5-1)55-31-12-13-33-57(55)50-26-15-29-53(41-50)63(54-30-16-27-51(42-54)58-34-17-35-60-56-32-11-10-24-47(56)36-39-61(58)60)52-28-14-25-48(40-52)49-37-38-59(45-20-6-2-7-21-45)62(43-49)46-22-8-3-9-23-46/h1-43H. The van der Waals surface area contributed by atoms with Crippen molar-refractivity contribution in [3.05, 3.63) is 261 Å². The molecule has 0 atom stereocenters. The zero-order valence-electron chi connectivity index (χ0n) is 34.8. The van der Waals surface area contributed by atoms with Gasteiger partial charge in [0, 0.05) is 17.1 Å². The fourth-order valence-corrected chi connectivity index (χ4v) is 9.24. The molecule has 0 aliphatic rings. The number of hydrogen-bond donors (Lipinski definition) is 0. The summed E-state index contributed by atoms with van der Waals surface area (Å²) in [5, 5.41) is 5.03. The van der Waals surface area contributed by atoms with E-state index in [9.17, 15) is 0 Å². The second-order valence-corrected chi connectivity index (χ2v) is 16.1. The molecule has 0 amide bonds. The molecule has 1 heteroatoms. The summed E-state index contributed by atoms with van der Waals surface area (Å²) in [4.78, 5) is 2.42. The highest BCUT2D eigenvalue weighted by atomic mass is 15.1. The van der Waals surface area contributed by atoms with Crippen LogP contribution in [0.2, 0.25) is 0 Å². The smallest absolute Gasteiger partial charge is 0.0467 e. The molecule has 0 N–H and O–H groups in total. The molecular weight excluding hydrogens is 759 g/mol. The molecule has 63 heavy (non-hydrogen) atoms. The molecule has 0 aliphatic heterocycles. The van der Waals surface area contributed by atoms with E-state index in [1.165, 1.54) is 71.6 Å². The van der Waals surface area contributed by atoms with Gasteiger partial charge in [-0.15, -0.1) is 0 Å². The zero-order valence-corrected chi connectivity index (χ0v) is 34.8. The van der Waals surface area contributed by atoms with Gasteiger partial charge in [-0.3, -0.25) is 0 Å². The first-order chi connectivity index (χ1) is 31.2. The molecule has 0 saturated carbocycles. The molecule has 296 valence electrons. The molecule has 0 unspecified atom stereocenters. The topological polar surface area (TPSA) is 3.24 Å². The first-order valence-corrected chi connectivity index (χ1v) is 21.7. The number of anilines is 3. The lowest BCUT2D eigenvalue weighted by molar-refractivity contribution is 1.28. The molecule has 11 rings (SSSR count). The highest BCUT2D eigenvalue weighted by Crippen LogP contribution is 2.43. The van der Waals surface area contributed by atoms with E-state index in [0.29, 0.717) is 0 Å². The molecule has 0 radical (unpaired) electrons. The van der Waals surface area contributed by atoms with Gasteiger partial charge in [0.05, 0.1) is 0 Å². The lowest BCUT2D eigenvalue weighted by atomic mass is 9.91. The van der Waals surface area contributed by atoms with Crippen molar-refractivity contribution in [3.63, 3.8) is 0 Å². The molecule has 11 aromatic rings. The minimum atomic E-state index is 1.08. The predicted octanol–water partition coefficient (Wildman–Crippen LogP) is 17.5. The van der Waals surface area contributed by atoms with E-state index >= 15 is 0 Å². The Hall–Kier alpha value is -8.26. The Morgan fingerprint density at radius 3 is 1.24 bits per heavy atom. The van der Waals surface area contributed by atoms with Crippen molar-refractivity contribution in [1.82, 2.24) is 0 Å². The van der Waals surface area contributed by atoms with Crippen LogP contribution in [-0.4, -0.2) is 0 Å². The minimum absolute atomic E-state index is 1.08. The van der Waals surface area contributed by atoms with Gasteiger partial charge in [-0.1, -0.05) is 218 Å². The van der Waals surface area contributed by atoms with Crippen molar-refractivity contribution in [2.75, 3.05) is 4.90 Å². The SMILES string of the molecule is c1ccc(-c2ccccc2-c2cccc(N(c3cccc(-c4ccc(-c5ccccc5)c(-c5ccccc5)c4)c3)c3cccc(-c4cccc5c4ccc4ccccc45)c3)c2)cc1. The average molecular weight is 802 g/mol. The molecule has 11 aromatic carbocycles. The van der Waals surface area contributed by atoms with Crippen LogP contribution in [0.5, 0.6) is 0 Å². The molecule has 1 nitrogen and oxygen atoms in total. The van der Waals surface area contributed by atoms with Gasteiger partial charge >= 0.3 is 0 Å². The largest absolute Gasteiger partial charge is 0.310 e. The van der Waals surface area contributed by atoms with Crippen LogP contribution in [0, 0.1) is 0 Å². The lowest BCUT2D eigenvalue weighted by Crippen LogP contribution is -2.10. The Balaban J connectivity index is 1.07. The van der Waals surface area contributed by atoms with Gasteiger partial charge in [-0.05, 0) is 131 Å². The Morgan fingerprint density at radius 2 is 0.603 bits per heavy atom. The summed E-state index contributed by atoms with van der Waals surface area (Å²) in [6.07, 6.45) is 0. The van der Waals surface area contributed by atoms with E-state index in [2.05, 4.69) is 266 Å². The molecule has 0 bridgehead atoms. The number of benzene rings is 11. The normalized spacial score (nSPS) is 11.2. The molecule has 0 saturated heterocycles. The molecule has 0 aromatic heterocycles. The third kappa shape index (κ3) is 7.37. The van der Waals surface area contributed by atoms with Crippen LogP contribution in [0.15, 0.2) is 261 Å². The van der Waals surface area contributed by atoms with Gasteiger partial charge in [-0.25, -0.2) is 0 Å². The maximum Gasteiger partial charge on any atom is 0.0467 e. The summed E-state index contributed by atoms with van der Waals surface area (Å²) in [6.45, 7) is 0. The summed E-state index contributed by atoms with van der Waals surface area (Å²) in [6, 6.07) is 94.7. The zero-order chi connectivity index (χ0) is 42.0. The lowest BCUT2D eigenvalue weighted by Gasteiger charge is -2.27. The molecule has 0 heterocycles. The minimum Gasteiger partial charge on any atom is -0.310 e. The number of rotatable bonds is 9. The van der Waals surface area contributed by atoms with Crippen LogP contribution in [-0.2, 0) is 0 Å². The third-order valence-electron chi connectivity index (χ3n) is 12.3. The molecule has 0 fully saturated rings. The van der Waals surface area contributed by atoms with E-state index < -0.39 is 0 Å².